The Bertz CT molecular complexity index is 1550. The summed E-state index contributed by atoms with van der Waals surface area (Å²) in [7, 11) is 0. The highest BCUT2D eigenvalue weighted by Crippen LogP contribution is 2.39. The third-order valence-electron chi connectivity index (χ3n) is 6.70. The number of carbonyl (C=O) groups excluding carboxylic acids is 1. The van der Waals surface area contributed by atoms with E-state index in [4.69, 9.17) is 32.1 Å². The third-order valence-corrected chi connectivity index (χ3v) is 7.07. The van der Waals surface area contributed by atoms with E-state index >= 15 is 0 Å². The van der Waals surface area contributed by atoms with Gasteiger partial charge in [0.1, 0.15) is 24.0 Å². The highest BCUT2D eigenvalue weighted by molar-refractivity contribution is 7.81. The number of hydrogen-bond donors (Lipinski definition) is 1. The molecule has 0 aliphatic carbocycles. The molecule has 2 aromatic carbocycles. The number of halogens is 3. The molecule has 13 heteroatoms. The van der Waals surface area contributed by atoms with Crippen molar-refractivity contribution in [3.8, 4) is 22.9 Å². The molecule has 0 atom stereocenters. The van der Waals surface area contributed by atoms with Crippen LogP contribution in [0.2, 0.25) is 0 Å². The number of rotatable bonds is 11. The predicted molar refractivity (Wildman–Crippen MR) is 156 cm³/mol. The van der Waals surface area contributed by atoms with Gasteiger partial charge in [0.2, 0.25) is 0 Å². The molecular weight excluding hydrogens is 585 g/mol. The molecule has 1 saturated heterocycles. The fraction of sp³-hybridized carbons (Fsp3) is 0.300. The zero-order valence-electron chi connectivity index (χ0n) is 23.2. The Morgan fingerprint density at radius 3 is 2.23 bits per heavy atom. The van der Waals surface area contributed by atoms with Crippen LogP contribution in [0.15, 0.2) is 60.8 Å². The first-order valence-electron chi connectivity index (χ1n) is 13.1. The summed E-state index contributed by atoms with van der Waals surface area (Å²) < 4.78 is 51.4. The molecule has 224 valence electrons. The first kappa shape index (κ1) is 31.4. The number of alkyl halides is 3. The van der Waals surface area contributed by atoms with Gasteiger partial charge < -0.3 is 19.5 Å². The fourth-order valence-corrected chi connectivity index (χ4v) is 5.06. The number of carboxylic acids is 1. The molecule has 9 nitrogen and oxygen atoms in total. The van der Waals surface area contributed by atoms with Gasteiger partial charge in [-0.3, -0.25) is 9.69 Å². The largest absolute Gasteiger partial charge is 0.494 e. The summed E-state index contributed by atoms with van der Waals surface area (Å²) in [6.07, 6.45) is -2.42. The van der Waals surface area contributed by atoms with E-state index in [1.165, 1.54) is 6.07 Å². The molecule has 0 bridgehead atoms. The maximum Gasteiger partial charge on any atom is 0.419 e. The van der Waals surface area contributed by atoms with Crippen molar-refractivity contribution in [2.75, 3.05) is 29.6 Å². The van der Waals surface area contributed by atoms with Crippen molar-refractivity contribution in [1.29, 1.82) is 5.26 Å². The van der Waals surface area contributed by atoms with Crippen LogP contribution >= 0.6 is 12.2 Å². The number of nitrogens with zero attached hydrogens (tertiary/aromatic N) is 4. The van der Waals surface area contributed by atoms with Crippen LogP contribution in [-0.4, -0.2) is 52.4 Å². The smallest absolute Gasteiger partial charge is 0.419 e. The van der Waals surface area contributed by atoms with Crippen LogP contribution in [0, 0.1) is 11.3 Å². The molecular formula is C30H27F3N4O5S. The predicted octanol–water partition coefficient (Wildman–Crippen LogP) is 5.82. The normalized spacial score (nSPS) is 14.6. The van der Waals surface area contributed by atoms with E-state index in [0.717, 1.165) is 22.2 Å². The summed E-state index contributed by atoms with van der Waals surface area (Å²) in [5, 5.41) is 17.6. The summed E-state index contributed by atoms with van der Waals surface area (Å²) in [5.41, 5.74) is -1.08. The quantitative estimate of drug-likeness (QED) is 0.211. The highest BCUT2D eigenvalue weighted by Gasteiger charge is 2.51. The lowest BCUT2D eigenvalue weighted by Gasteiger charge is -2.29. The van der Waals surface area contributed by atoms with Gasteiger partial charge in [-0.1, -0.05) is 24.3 Å². The van der Waals surface area contributed by atoms with Crippen LogP contribution in [0.25, 0.3) is 11.1 Å². The number of nitriles is 1. The van der Waals surface area contributed by atoms with Crippen LogP contribution in [0.1, 0.15) is 37.9 Å². The first-order valence-corrected chi connectivity index (χ1v) is 13.5. The second kappa shape index (κ2) is 12.8. The molecule has 4 rings (SSSR count). The van der Waals surface area contributed by atoms with E-state index in [2.05, 4.69) is 4.98 Å². The maximum atomic E-state index is 13.6. The van der Waals surface area contributed by atoms with Gasteiger partial charge in [-0.25, -0.2) is 9.78 Å². The minimum absolute atomic E-state index is 0.0164. The Morgan fingerprint density at radius 2 is 1.65 bits per heavy atom. The Hall–Kier alpha value is -4.54. The lowest BCUT2D eigenvalue weighted by atomic mass is 10.0. The molecule has 2 heterocycles. The van der Waals surface area contributed by atoms with Crippen LogP contribution in [0.3, 0.4) is 0 Å². The number of benzene rings is 2. The number of ether oxygens (including phenoxy) is 2. The topological polar surface area (TPSA) is 116 Å². The van der Waals surface area contributed by atoms with Crippen molar-refractivity contribution in [1.82, 2.24) is 4.98 Å². The summed E-state index contributed by atoms with van der Waals surface area (Å²) >= 11 is 5.58. The Labute approximate surface area is 251 Å². The minimum Gasteiger partial charge on any atom is -0.494 e. The van der Waals surface area contributed by atoms with Gasteiger partial charge in [0.05, 0.1) is 24.1 Å². The van der Waals surface area contributed by atoms with Gasteiger partial charge in [-0.2, -0.15) is 18.4 Å². The second-order valence-corrected chi connectivity index (χ2v) is 10.5. The molecule has 0 radical (unpaired) electrons. The number of aromatic nitrogens is 1. The molecule has 1 fully saturated rings. The number of unbranched alkanes of at least 4 members (excludes halogenated alkanes) is 1. The van der Waals surface area contributed by atoms with Gasteiger partial charge in [-0.05, 0) is 80.4 Å². The number of pyridine rings is 1. The van der Waals surface area contributed by atoms with Gasteiger partial charge in [0.15, 0.2) is 10.8 Å². The molecule has 1 aliphatic rings. The Kier molecular flexibility index (Phi) is 9.32. The van der Waals surface area contributed by atoms with E-state index in [1.807, 2.05) is 36.4 Å². The zero-order chi connectivity index (χ0) is 31.4. The van der Waals surface area contributed by atoms with Gasteiger partial charge in [0.25, 0.3) is 5.91 Å². The lowest BCUT2D eigenvalue weighted by molar-refractivity contribution is -0.142. The van der Waals surface area contributed by atoms with Crippen LogP contribution < -0.4 is 14.5 Å². The monoisotopic (exact) mass is 612 g/mol. The van der Waals surface area contributed by atoms with Gasteiger partial charge in [-0.15, -0.1) is 0 Å². The molecule has 1 aliphatic heterocycles. The minimum atomic E-state index is -4.84. The Balaban J connectivity index is 1.45. The summed E-state index contributed by atoms with van der Waals surface area (Å²) in [6.45, 7) is 3.74. The molecule has 0 unspecified atom stereocenters. The van der Waals surface area contributed by atoms with Crippen molar-refractivity contribution in [2.24, 2.45) is 0 Å². The second-order valence-electron chi connectivity index (χ2n) is 10.1. The van der Waals surface area contributed by atoms with E-state index < -0.39 is 34.8 Å². The number of thiocarbonyl (C=S) groups is 1. The standard InChI is InChI=1S/C30H27F3N4O5S/c1-29(2)27(40)36(22-15-24(30(31,32)33)25(16-34)35-17-22)28(43)37(29)21-9-5-19(6-10-21)20-7-11-23(12-8-20)42-14-4-3-13-41-18-26(38)39/h5-12,15,17H,3-4,13-14,18H2,1-2H3,(H,38,39). The maximum absolute atomic E-state index is 13.6. The van der Waals surface area contributed by atoms with Crippen LogP contribution in [-0.2, 0) is 20.5 Å². The van der Waals surface area contributed by atoms with E-state index in [0.29, 0.717) is 43.6 Å². The molecule has 0 saturated carbocycles. The SMILES string of the molecule is CC1(C)C(=O)N(c2cnc(C#N)c(C(F)(F)F)c2)C(=S)N1c1ccc(-c2ccc(OCCCCOCC(=O)O)cc2)cc1. The zero-order valence-corrected chi connectivity index (χ0v) is 24.0. The number of carbonyl (C=O) groups is 2. The van der Waals surface area contributed by atoms with Gasteiger partial charge >= 0.3 is 12.1 Å². The number of aliphatic carboxylic acids is 1. The van der Waals surface area contributed by atoms with Crippen LogP contribution in [0.5, 0.6) is 5.75 Å². The number of anilines is 2. The van der Waals surface area contributed by atoms with Crippen molar-refractivity contribution < 1.29 is 37.3 Å². The van der Waals surface area contributed by atoms with Gasteiger partial charge in [0, 0.05) is 12.3 Å². The fourth-order valence-electron chi connectivity index (χ4n) is 4.54. The molecule has 1 aromatic heterocycles. The number of amides is 1. The highest BCUT2D eigenvalue weighted by atomic mass is 32.1. The van der Waals surface area contributed by atoms with Crippen molar-refractivity contribution in [3.63, 3.8) is 0 Å². The van der Waals surface area contributed by atoms with Crippen molar-refractivity contribution in [3.05, 3.63) is 72.1 Å². The van der Waals surface area contributed by atoms with Crippen molar-refractivity contribution >= 4 is 40.6 Å². The molecule has 3 aromatic rings. The molecule has 1 amide bonds. The van der Waals surface area contributed by atoms with E-state index in [9.17, 15) is 22.8 Å². The average Bonchev–Trinajstić information content (AvgIpc) is 3.14. The number of hydrogen-bond acceptors (Lipinski definition) is 7. The Morgan fingerprint density at radius 1 is 1.05 bits per heavy atom. The number of carboxylic acid groups (broad SMARTS) is 1. The summed E-state index contributed by atoms with van der Waals surface area (Å²) in [5.74, 6) is -0.857. The van der Waals surface area contributed by atoms with E-state index in [1.54, 1.807) is 30.9 Å². The summed E-state index contributed by atoms with van der Waals surface area (Å²) in [6, 6.07) is 16.8. The average molecular weight is 613 g/mol. The van der Waals surface area contributed by atoms with E-state index in [-0.39, 0.29) is 17.4 Å². The molecule has 43 heavy (non-hydrogen) atoms. The van der Waals surface area contributed by atoms with Crippen LogP contribution in [0.4, 0.5) is 24.5 Å². The molecule has 0 spiro atoms. The lowest BCUT2D eigenvalue weighted by Crippen LogP contribution is -2.44. The third kappa shape index (κ3) is 6.93. The molecule has 1 N–H and O–H groups in total. The summed E-state index contributed by atoms with van der Waals surface area (Å²) in [4.78, 5) is 30.0. The van der Waals surface area contributed by atoms with Crippen molar-refractivity contribution in [2.45, 2.75) is 38.4 Å². The first-order chi connectivity index (χ1) is 20.3.